The maximum atomic E-state index is 12.0. The van der Waals surface area contributed by atoms with Gasteiger partial charge in [-0.2, -0.15) is 0 Å². The van der Waals surface area contributed by atoms with Gasteiger partial charge in [-0.05, 0) is 26.3 Å². The molecule has 2 atom stereocenters. The van der Waals surface area contributed by atoms with E-state index in [2.05, 4.69) is 22.5 Å². The molecule has 0 aromatic carbocycles. The van der Waals surface area contributed by atoms with Crippen molar-refractivity contribution < 1.29 is 9.53 Å². The lowest BCUT2D eigenvalue weighted by Crippen LogP contribution is -2.52. The summed E-state index contributed by atoms with van der Waals surface area (Å²) in [4.78, 5) is 14.4. The predicted octanol–water partition coefficient (Wildman–Crippen LogP) is -0.0346. The van der Waals surface area contributed by atoms with Gasteiger partial charge in [0.15, 0.2) is 0 Å². The highest BCUT2D eigenvalue weighted by Crippen LogP contribution is 2.07. The Balaban J connectivity index is 1.68. The van der Waals surface area contributed by atoms with Crippen LogP contribution in [0.3, 0.4) is 0 Å². The summed E-state index contributed by atoms with van der Waals surface area (Å²) in [6.45, 7) is 7.54. The molecule has 5 nitrogen and oxygen atoms in total. The molecule has 104 valence electrons. The number of ether oxygens (including phenoxy) is 1. The first kappa shape index (κ1) is 13.8. The van der Waals surface area contributed by atoms with Gasteiger partial charge in [0, 0.05) is 25.7 Å². The average Bonchev–Trinajstić information content (AvgIpc) is 2.40. The summed E-state index contributed by atoms with van der Waals surface area (Å²) in [5.74, 6) is 0.162. The zero-order valence-electron chi connectivity index (χ0n) is 11.3. The summed E-state index contributed by atoms with van der Waals surface area (Å²) >= 11 is 0. The number of amides is 1. The van der Waals surface area contributed by atoms with E-state index in [0.717, 1.165) is 52.2 Å². The van der Waals surface area contributed by atoms with E-state index < -0.39 is 0 Å². The molecular formula is C13H25N3O2. The Morgan fingerprint density at radius 1 is 1.44 bits per heavy atom. The van der Waals surface area contributed by atoms with Crippen LogP contribution < -0.4 is 10.6 Å². The molecule has 2 unspecified atom stereocenters. The van der Waals surface area contributed by atoms with E-state index >= 15 is 0 Å². The molecule has 5 heteroatoms. The molecule has 1 amide bonds. The minimum absolute atomic E-state index is 0.0193. The molecule has 0 saturated carbocycles. The van der Waals surface area contributed by atoms with Crippen LogP contribution in [-0.2, 0) is 9.53 Å². The lowest BCUT2D eigenvalue weighted by Gasteiger charge is -2.30. The minimum atomic E-state index is 0.0193. The Labute approximate surface area is 109 Å². The predicted molar refractivity (Wildman–Crippen MR) is 70.5 cm³/mol. The molecule has 2 aliphatic rings. The van der Waals surface area contributed by atoms with Gasteiger partial charge in [0.25, 0.3) is 0 Å². The maximum absolute atomic E-state index is 12.0. The van der Waals surface area contributed by atoms with Gasteiger partial charge in [-0.15, -0.1) is 0 Å². The molecule has 0 bridgehead atoms. The molecule has 0 spiro atoms. The summed E-state index contributed by atoms with van der Waals surface area (Å²) in [6, 6.07) is 0.227. The van der Waals surface area contributed by atoms with E-state index in [1.165, 1.54) is 6.42 Å². The standard InChI is InChI=1S/C13H25N3O2/c1-11(10-16-6-8-18-9-7-16)15-13(17)12-4-2-3-5-14-12/h11-12,14H,2-10H2,1H3,(H,15,17). The topological polar surface area (TPSA) is 53.6 Å². The molecule has 0 aromatic rings. The van der Waals surface area contributed by atoms with Crippen molar-refractivity contribution in [2.45, 2.75) is 38.3 Å². The van der Waals surface area contributed by atoms with Crippen molar-refractivity contribution in [2.24, 2.45) is 0 Å². The van der Waals surface area contributed by atoms with Crippen molar-refractivity contribution >= 4 is 5.91 Å². The van der Waals surface area contributed by atoms with Crippen molar-refractivity contribution in [3.8, 4) is 0 Å². The van der Waals surface area contributed by atoms with Crippen LogP contribution in [-0.4, -0.2) is 62.3 Å². The quantitative estimate of drug-likeness (QED) is 0.740. The lowest BCUT2D eigenvalue weighted by atomic mass is 10.0. The molecule has 0 aliphatic carbocycles. The molecule has 2 fully saturated rings. The van der Waals surface area contributed by atoms with Gasteiger partial charge < -0.3 is 15.4 Å². The highest BCUT2D eigenvalue weighted by atomic mass is 16.5. The molecule has 2 N–H and O–H groups in total. The van der Waals surface area contributed by atoms with Gasteiger partial charge in [-0.25, -0.2) is 0 Å². The van der Waals surface area contributed by atoms with Crippen LogP contribution in [0.2, 0.25) is 0 Å². The van der Waals surface area contributed by atoms with Gasteiger partial charge in [0.2, 0.25) is 5.91 Å². The van der Waals surface area contributed by atoms with Crippen LogP contribution in [0.25, 0.3) is 0 Å². The Morgan fingerprint density at radius 3 is 2.89 bits per heavy atom. The van der Waals surface area contributed by atoms with Gasteiger partial charge in [0.05, 0.1) is 19.3 Å². The second-order valence-electron chi connectivity index (χ2n) is 5.33. The van der Waals surface area contributed by atoms with E-state index in [0.29, 0.717) is 0 Å². The summed E-state index contributed by atoms with van der Waals surface area (Å²) in [6.07, 6.45) is 3.31. The van der Waals surface area contributed by atoms with E-state index in [4.69, 9.17) is 4.74 Å². The first-order valence-electron chi connectivity index (χ1n) is 7.09. The minimum Gasteiger partial charge on any atom is -0.379 e. The Hall–Kier alpha value is -0.650. The van der Waals surface area contributed by atoms with Gasteiger partial charge in [-0.1, -0.05) is 6.42 Å². The van der Waals surface area contributed by atoms with Gasteiger partial charge >= 0.3 is 0 Å². The molecule has 2 saturated heterocycles. The number of carbonyl (C=O) groups excluding carboxylic acids is 1. The monoisotopic (exact) mass is 255 g/mol. The van der Waals surface area contributed by atoms with E-state index in [9.17, 15) is 4.79 Å². The Bertz CT molecular complexity index is 261. The van der Waals surface area contributed by atoms with Crippen molar-refractivity contribution in [3.63, 3.8) is 0 Å². The third kappa shape index (κ3) is 4.23. The Kier molecular flexibility index (Phi) is 5.41. The van der Waals surface area contributed by atoms with Gasteiger partial charge in [-0.3, -0.25) is 9.69 Å². The zero-order chi connectivity index (χ0) is 12.8. The lowest BCUT2D eigenvalue weighted by molar-refractivity contribution is -0.124. The van der Waals surface area contributed by atoms with Crippen LogP contribution in [0, 0.1) is 0 Å². The van der Waals surface area contributed by atoms with Crippen LogP contribution in [0.15, 0.2) is 0 Å². The fourth-order valence-electron chi connectivity index (χ4n) is 2.64. The second-order valence-corrected chi connectivity index (χ2v) is 5.33. The number of carbonyl (C=O) groups is 1. The molecule has 2 rings (SSSR count). The number of nitrogens with zero attached hydrogens (tertiary/aromatic N) is 1. The summed E-state index contributed by atoms with van der Waals surface area (Å²) < 4.78 is 5.32. The normalized spacial score (nSPS) is 27.7. The number of piperidine rings is 1. The summed E-state index contributed by atoms with van der Waals surface area (Å²) in [7, 11) is 0. The third-order valence-electron chi connectivity index (χ3n) is 3.65. The Morgan fingerprint density at radius 2 is 2.22 bits per heavy atom. The molecule has 0 radical (unpaired) electrons. The maximum Gasteiger partial charge on any atom is 0.237 e. The van der Waals surface area contributed by atoms with Crippen molar-refractivity contribution in [1.29, 1.82) is 0 Å². The molecule has 2 aliphatic heterocycles. The van der Waals surface area contributed by atoms with Gasteiger partial charge in [0.1, 0.15) is 0 Å². The highest BCUT2D eigenvalue weighted by Gasteiger charge is 2.22. The molecular weight excluding hydrogens is 230 g/mol. The van der Waals surface area contributed by atoms with E-state index in [1.807, 2.05) is 0 Å². The number of morpholine rings is 1. The van der Waals surface area contributed by atoms with E-state index in [1.54, 1.807) is 0 Å². The number of nitrogens with one attached hydrogen (secondary N) is 2. The number of hydrogen-bond acceptors (Lipinski definition) is 4. The van der Waals surface area contributed by atoms with Crippen LogP contribution >= 0.6 is 0 Å². The second kappa shape index (κ2) is 7.07. The highest BCUT2D eigenvalue weighted by molar-refractivity contribution is 5.82. The first-order chi connectivity index (χ1) is 8.75. The van der Waals surface area contributed by atoms with Crippen LogP contribution in [0.1, 0.15) is 26.2 Å². The molecule has 2 heterocycles. The van der Waals surface area contributed by atoms with Crippen molar-refractivity contribution in [2.75, 3.05) is 39.4 Å². The molecule has 18 heavy (non-hydrogen) atoms. The first-order valence-corrected chi connectivity index (χ1v) is 7.09. The largest absolute Gasteiger partial charge is 0.379 e. The fourth-order valence-corrected chi connectivity index (χ4v) is 2.64. The zero-order valence-corrected chi connectivity index (χ0v) is 11.3. The van der Waals surface area contributed by atoms with Crippen molar-refractivity contribution in [1.82, 2.24) is 15.5 Å². The molecule has 0 aromatic heterocycles. The average molecular weight is 255 g/mol. The van der Waals surface area contributed by atoms with E-state index in [-0.39, 0.29) is 18.0 Å². The third-order valence-corrected chi connectivity index (χ3v) is 3.65. The smallest absolute Gasteiger partial charge is 0.237 e. The number of hydrogen-bond donors (Lipinski definition) is 2. The van der Waals surface area contributed by atoms with Crippen LogP contribution in [0.5, 0.6) is 0 Å². The fraction of sp³-hybridized carbons (Fsp3) is 0.923. The summed E-state index contributed by atoms with van der Waals surface area (Å²) in [5.41, 5.74) is 0. The van der Waals surface area contributed by atoms with Crippen molar-refractivity contribution in [3.05, 3.63) is 0 Å². The SMILES string of the molecule is CC(CN1CCOCC1)NC(=O)C1CCCCN1. The number of rotatable bonds is 4. The van der Waals surface area contributed by atoms with Crippen LogP contribution in [0.4, 0.5) is 0 Å². The summed E-state index contributed by atoms with van der Waals surface area (Å²) in [5, 5.41) is 6.40.